The number of rotatable bonds is 5. The van der Waals surface area contributed by atoms with Crippen LogP contribution in [0.4, 0.5) is 0 Å². The molecule has 0 saturated heterocycles. The minimum Gasteiger partial charge on any atom is -0.454 e. The second-order valence-corrected chi connectivity index (χ2v) is 4.69. The molecule has 2 rings (SSSR count). The summed E-state index contributed by atoms with van der Waals surface area (Å²) in [5.41, 5.74) is 5.06. The van der Waals surface area contributed by atoms with Crippen LogP contribution in [0.15, 0.2) is 16.5 Å². The topological polar surface area (TPSA) is 86.1 Å². The summed E-state index contributed by atoms with van der Waals surface area (Å²) in [7, 11) is 0. The highest BCUT2D eigenvalue weighted by atomic mass is 16.4. The van der Waals surface area contributed by atoms with E-state index >= 15 is 0 Å². The summed E-state index contributed by atoms with van der Waals surface area (Å²) < 4.78 is 7.48. The molecule has 2 aromatic rings. The largest absolute Gasteiger partial charge is 0.454 e. The van der Waals surface area contributed by atoms with Crippen LogP contribution in [-0.4, -0.2) is 15.7 Å². The molecule has 0 saturated carbocycles. The van der Waals surface area contributed by atoms with Crippen molar-refractivity contribution in [1.29, 1.82) is 0 Å². The molecule has 0 aliphatic carbocycles. The fraction of sp³-hybridized carbons (Fsp3) is 0.429. The Morgan fingerprint density at radius 2 is 2.15 bits per heavy atom. The van der Waals surface area contributed by atoms with Crippen LogP contribution in [-0.2, 0) is 19.4 Å². The van der Waals surface area contributed by atoms with Crippen molar-refractivity contribution in [3.05, 3.63) is 40.6 Å². The maximum absolute atomic E-state index is 11.5. The number of nitrogens with two attached hydrogens (primary N) is 1. The van der Waals surface area contributed by atoms with Crippen molar-refractivity contribution in [3.8, 4) is 0 Å². The van der Waals surface area contributed by atoms with E-state index < -0.39 is 5.91 Å². The molecule has 0 aromatic carbocycles. The van der Waals surface area contributed by atoms with Gasteiger partial charge in [0.25, 0.3) is 0 Å². The fourth-order valence-electron chi connectivity index (χ4n) is 2.17. The van der Waals surface area contributed by atoms with Crippen molar-refractivity contribution in [1.82, 2.24) is 15.2 Å². The van der Waals surface area contributed by atoms with Crippen molar-refractivity contribution < 1.29 is 9.21 Å². The number of aryl methyl sites for hydroxylation is 3. The van der Waals surface area contributed by atoms with Gasteiger partial charge in [0, 0.05) is 11.3 Å². The third kappa shape index (κ3) is 2.75. The Morgan fingerprint density at radius 1 is 1.40 bits per heavy atom. The number of nitrogens with zero attached hydrogens (tertiary/aromatic N) is 2. The number of furan rings is 1. The van der Waals surface area contributed by atoms with Gasteiger partial charge >= 0.3 is 5.91 Å². The molecule has 2 heterocycles. The van der Waals surface area contributed by atoms with E-state index in [4.69, 9.17) is 10.3 Å². The smallest absolute Gasteiger partial charge is 0.301 e. The van der Waals surface area contributed by atoms with Gasteiger partial charge in [0.05, 0.1) is 12.2 Å². The number of nitrogen functional groups attached to an aromatic ring is 1. The van der Waals surface area contributed by atoms with Gasteiger partial charge in [0.2, 0.25) is 0 Å². The Balaban J connectivity index is 2.26. The van der Waals surface area contributed by atoms with Crippen LogP contribution in [0.1, 0.15) is 47.1 Å². The Morgan fingerprint density at radius 3 is 2.75 bits per heavy atom. The highest BCUT2D eigenvalue weighted by molar-refractivity contribution is 5.92. The molecular weight excluding hydrogens is 256 g/mol. The monoisotopic (exact) mass is 276 g/mol. The van der Waals surface area contributed by atoms with Crippen molar-refractivity contribution >= 4 is 5.91 Å². The first-order chi connectivity index (χ1) is 9.58. The molecule has 6 nitrogen and oxygen atoms in total. The molecule has 20 heavy (non-hydrogen) atoms. The number of aromatic nitrogens is 2. The van der Waals surface area contributed by atoms with Gasteiger partial charge in [-0.1, -0.05) is 13.8 Å². The van der Waals surface area contributed by atoms with E-state index in [1.54, 1.807) is 0 Å². The Labute approximate surface area is 117 Å². The normalized spacial score (nSPS) is 10.8. The van der Waals surface area contributed by atoms with Crippen LogP contribution in [0, 0.1) is 6.92 Å². The third-order valence-electron chi connectivity index (χ3n) is 3.25. The molecule has 0 aliphatic heterocycles. The summed E-state index contributed by atoms with van der Waals surface area (Å²) in [4.78, 5) is 11.5. The fourth-order valence-corrected chi connectivity index (χ4v) is 2.17. The standard InChI is InChI=1S/C14H20N4O2/c1-4-10-7-11(5-2)18(17-10)8-12-6-9(3)13(20-12)14(19)16-15/h6-7H,4-5,8,15H2,1-3H3,(H,16,19). The predicted molar refractivity (Wildman–Crippen MR) is 75.2 cm³/mol. The van der Waals surface area contributed by atoms with Gasteiger partial charge in [0.15, 0.2) is 5.76 Å². The highest BCUT2D eigenvalue weighted by Crippen LogP contribution is 2.17. The molecular formula is C14H20N4O2. The molecule has 3 N–H and O–H groups in total. The number of hydrazine groups is 1. The van der Waals surface area contributed by atoms with Gasteiger partial charge in [-0.05, 0) is 31.9 Å². The van der Waals surface area contributed by atoms with Crippen molar-refractivity contribution in [2.45, 2.75) is 40.2 Å². The number of hydrogen-bond acceptors (Lipinski definition) is 4. The predicted octanol–water partition coefficient (Wildman–Crippen LogP) is 1.56. The van der Waals surface area contributed by atoms with E-state index in [2.05, 4.69) is 30.4 Å². The van der Waals surface area contributed by atoms with Crippen LogP contribution in [0.2, 0.25) is 0 Å². The summed E-state index contributed by atoms with van der Waals surface area (Å²) in [5, 5.41) is 4.53. The molecule has 108 valence electrons. The lowest BCUT2D eigenvalue weighted by Gasteiger charge is -2.03. The van der Waals surface area contributed by atoms with E-state index in [0.717, 1.165) is 29.8 Å². The first-order valence-corrected chi connectivity index (χ1v) is 6.74. The first kappa shape index (κ1) is 14.3. The summed E-state index contributed by atoms with van der Waals surface area (Å²) in [6.07, 6.45) is 1.81. The minimum atomic E-state index is -0.417. The molecule has 0 fully saturated rings. The second kappa shape index (κ2) is 5.92. The van der Waals surface area contributed by atoms with Gasteiger partial charge < -0.3 is 4.42 Å². The number of hydrogen-bond donors (Lipinski definition) is 2. The highest BCUT2D eigenvalue weighted by Gasteiger charge is 2.16. The van der Waals surface area contributed by atoms with Gasteiger partial charge in [-0.25, -0.2) is 5.84 Å². The Kier molecular flexibility index (Phi) is 4.24. The van der Waals surface area contributed by atoms with Crippen molar-refractivity contribution in [3.63, 3.8) is 0 Å². The van der Waals surface area contributed by atoms with Crippen LogP contribution >= 0.6 is 0 Å². The summed E-state index contributed by atoms with van der Waals surface area (Å²) in [6.45, 7) is 6.50. The molecule has 0 spiro atoms. The van der Waals surface area contributed by atoms with Gasteiger partial charge in [-0.2, -0.15) is 5.10 Å². The van der Waals surface area contributed by atoms with Crippen LogP contribution in [0.3, 0.4) is 0 Å². The molecule has 0 radical (unpaired) electrons. The van der Waals surface area contributed by atoms with Crippen molar-refractivity contribution in [2.24, 2.45) is 5.84 Å². The number of nitrogens with one attached hydrogen (secondary N) is 1. The lowest BCUT2D eigenvalue weighted by molar-refractivity contribution is 0.0923. The van der Waals surface area contributed by atoms with E-state index in [1.165, 1.54) is 0 Å². The lowest BCUT2D eigenvalue weighted by Crippen LogP contribution is -2.30. The van der Waals surface area contributed by atoms with Crippen LogP contribution < -0.4 is 11.3 Å². The third-order valence-corrected chi connectivity index (χ3v) is 3.25. The molecule has 6 heteroatoms. The molecule has 0 atom stereocenters. The summed E-state index contributed by atoms with van der Waals surface area (Å²) >= 11 is 0. The van der Waals surface area contributed by atoms with E-state index in [0.29, 0.717) is 12.3 Å². The van der Waals surface area contributed by atoms with Crippen LogP contribution in [0.5, 0.6) is 0 Å². The lowest BCUT2D eigenvalue weighted by atomic mass is 10.2. The Hall–Kier alpha value is -2.08. The molecule has 1 amide bonds. The number of amides is 1. The quantitative estimate of drug-likeness (QED) is 0.493. The molecule has 2 aromatic heterocycles. The Bertz CT molecular complexity index is 613. The molecule has 0 bridgehead atoms. The minimum absolute atomic E-state index is 0.253. The van der Waals surface area contributed by atoms with E-state index in [1.807, 2.05) is 17.7 Å². The SMILES string of the molecule is CCc1cc(CC)n(Cc2cc(C)c(C(=O)NN)o2)n1. The second-order valence-electron chi connectivity index (χ2n) is 4.69. The van der Waals surface area contributed by atoms with Crippen molar-refractivity contribution in [2.75, 3.05) is 0 Å². The summed E-state index contributed by atoms with van der Waals surface area (Å²) in [6, 6.07) is 3.95. The zero-order valence-corrected chi connectivity index (χ0v) is 12.1. The maximum Gasteiger partial charge on any atom is 0.301 e. The first-order valence-electron chi connectivity index (χ1n) is 6.74. The molecule has 0 aliphatic rings. The van der Waals surface area contributed by atoms with E-state index in [9.17, 15) is 4.79 Å². The zero-order chi connectivity index (χ0) is 14.7. The van der Waals surface area contributed by atoms with Gasteiger partial charge in [-0.15, -0.1) is 0 Å². The number of carbonyl (C=O) groups excluding carboxylic acids is 1. The van der Waals surface area contributed by atoms with E-state index in [-0.39, 0.29) is 5.76 Å². The van der Waals surface area contributed by atoms with Gasteiger partial charge in [0.1, 0.15) is 5.76 Å². The number of carbonyl (C=O) groups is 1. The van der Waals surface area contributed by atoms with Crippen LogP contribution in [0.25, 0.3) is 0 Å². The maximum atomic E-state index is 11.5. The zero-order valence-electron chi connectivity index (χ0n) is 12.1. The van der Waals surface area contributed by atoms with Gasteiger partial charge in [-0.3, -0.25) is 14.9 Å². The molecule has 0 unspecified atom stereocenters. The average Bonchev–Trinajstić information content (AvgIpc) is 3.01. The average molecular weight is 276 g/mol. The summed E-state index contributed by atoms with van der Waals surface area (Å²) in [5.74, 6) is 5.66.